The fourth-order valence-electron chi connectivity index (χ4n) is 5.13. The van der Waals surface area contributed by atoms with E-state index in [1.165, 1.54) is 0 Å². The maximum atomic E-state index is 11.2. The van der Waals surface area contributed by atoms with Crippen LogP contribution < -0.4 is 0 Å². The molecule has 0 amide bonds. The van der Waals surface area contributed by atoms with E-state index in [1.807, 2.05) is 25.3 Å². The van der Waals surface area contributed by atoms with Gasteiger partial charge in [0.05, 0.1) is 54.2 Å². The highest BCUT2D eigenvalue weighted by Gasteiger charge is 2.17. The second-order valence-corrected chi connectivity index (χ2v) is 13.3. The summed E-state index contributed by atoms with van der Waals surface area (Å²) in [7, 11) is 0. The summed E-state index contributed by atoms with van der Waals surface area (Å²) in [5.41, 5.74) is 4.13. The molecule has 4 aromatic rings. The standard InChI is InChI=1S/C33H54N10O/c1-25(2)40-17-29(34-21-40)13-38(14-30-18-41(22-35-30)26(3)4)11-9-33(44)10-12-39(15-31-19-42(23-36-31)27(5)6)16-32-20-43(24-37-32)28(7)8/h17-28,33,44H,9-16H2,1-8H3. The molecule has 242 valence electrons. The average Bonchev–Trinajstić information content (AvgIpc) is 3.78. The molecular formula is C33H54N10O. The van der Waals surface area contributed by atoms with E-state index in [9.17, 15) is 5.11 Å². The first-order valence-electron chi connectivity index (χ1n) is 16.2. The Morgan fingerprint density at radius 1 is 0.500 bits per heavy atom. The van der Waals surface area contributed by atoms with Crippen molar-refractivity contribution in [2.45, 2.75) is 125 Å². The maximum Gasteiger partial charge on any atom is 0.0952 e. The van der Waals surface area contributed by atoms with Crippen molar-refractivity contribution >= 4 is 0 Å². The first-order valence-corrected chi connectivity index (χ1v) is 16.2. The van der Waals surface area contributed by atoms with E-state index in [4.69, 9.17) is 0 Å². The topological polar surface area (TPSA) is 98.0 Å². The van der Waals surface area contributed by atoms with Crippen molar-refractivity contribution in [1.29, 1.82) is 0 Å². The number of hydrogen-bond acceptors (Lipinski definition) is 7. The second-order valence-electron chi connectivity index (χ2n) is 13.3. The van der Waals surface area contributed by atoms with Gasteiger partial charge in [-0.1, -0.05) is 0 Å². The minimum Gasteiger partial charge on any atom is -0.393 e. The van der Waals surface area contributed by atoms with Gasteiger partial charge in [0.1, 0.15) is 0 Å². The highest BCUT2D eigenvalue weighted by molar-refractivity contribution is 5.03. The molecule has 1 N–H and O–H groups in total. The van der Waals surface area contributed by atoms with E-state index < -0.39 is 6.10 Å². The summed E-state index contributed by atoms with van der Waals surface area (Å²) < 4.78 is 8.55. The Hall–Kier alpha value is -3.28. The third-order valence-corrected chi connectivity index (χ3v) is 8.10. The molecule has 0 spiro atoms. The van der Waals surface area contributed by atoms with Gasteiger partial charge in [-0.15, -0.1) is 0 Å². The van der Waals surface area contributed by atoms with Crippen molar-refractivity contribution < 1.29 is 5.11 Å². The molecule has 11 heteroatoms. The summed E-state index contributed by atoms with van der Waals surface area (Å²) in [5, 5.41) is 11.2. The zero-order chi connectivity index (χ0) is 31.8. The predicted molar refractivity (Wildman–Crippen MR) is 174 cm³/mol. The summed E-state index contributed by atoms with van der Waals surface area (Å²) in [5.74, 6) is 0. The van der Waals surface area contributed by atoms with Crippen LogP contribution in [0.25, 0.3) is 0 Å². The molecule has 0 saturated heterocycles. The first kappa shape index (κ1) is 33.6. The van der Waals surface area contributed by atoms with E-state index in [2.05, 4.69) is 128 Å². The zero-order valence-electron chi connectivity index (χ0n) is 28.1. The van der Waals surface area contributed by atoms with Crippen LogP contribution in [-0.4, -0.2) is 72.3 Å². The Balaban J connectivity index is 1.38. The van der Waals surface area contributed by atoms with Crippen LogP contribution in [0.5, 0.6) is 0 Å². The summed E-state index contributed by atoms with van der Waals surface area (Å²) >= 11 is 0. The van der Waals surface area contributed by atoms with Gasteiger partial charge < -0.3 is 23.4 Å². The normalized spacial score (nSPS) is 12.5. The van der Waals surface area contributed by atoms with Gasteiger partial charge in [0.25, 0.3) is 0 Å². The third kappa shape index (κ3) is 9.87. The lowest BCUT2D eigenvalue weighted by Crippen LogP contribution is -2.30. The molecule has 0 bridgehead atoms. The Kier molecular flexibility index (Phi) is 11.9. The zero-order valence-corrected chi connectivity index (χ0v) is 28.1. The van der Waals surface area contributed by atoms with Gasteiger partial charge in [-0.25, -0.2) is 19.9 Å². The van der Waals surface area contributed by atoms with Crippen LogP contribution in [0.1, 0.15) is 115 Å². The molecule has 0 fully saturated rings. The predicted octanol–water partition coefficient (Wildman–Crippen LogP) is 5.64. The van der Waals surface area contributed by atoms with Gasteiger partial charge in [-0.2, -0.15) is 0 Å². The van der Waals surface area contributed by atoms with Crippen LogP contribution in [0.15, 0.2) is 50.1 Å². The molecular weight excluding hydrogens is 552 g/mol. The molecule has 0 aliphatic rings. The molecule has 0 aliphatic heterocycles. The smallest absolute Gasteiger partial charge is 0.0952 e. The van der Waals surface area contributed by atoms with Crippen molar-refractivity contribution in [2.75, 3.05) is 13.1 Å². The molecule has 0 atom stereocenters. The Bertz CT molecular complexity index is 1190. The number of aromatic nitrogens is 8. The number of imidazole rings is 4. The van der Waals surface area contributed by atoms with Gasteiger partial charge in [0.2, 0.25) is 0 Å². The molecule has 44 heavy (non-hydrogen) atoms. The lowest BCUT2D eigenvalue weighted by molar-refractivity contribution is 0.108. The van der Waals surface area contributed by atoms with E-state index >= 15 is 0 Å². The number of hydrogen-bond donors (Lipinski definition) is 1. The number of aliphatic hydroxyl groups excluding tert-OH is 1. The van der Waals surface area contributed by atoms with Gasteiger partial charge in [-0.3, -0.25) is 9.80 Å². The minimum atomic E-state index is -0.428. The van der Waals surface area contributed by atoms with Crippen LogP contribution >= 0.6 is 0 Å². The summed E-state index contributed by atoms with van der Waals surface area (Å²) in [4.78, 5) is 23.3. The fourth-order valence-corrected chi connectivity index (χ4v) is 5.13. The minimum absolute atomic E-state index is 0.370. The molecule has 11 nitrogen and oxygen atoms in total. The molecule has 0 aromatic carbocycles. The van der Waals surface area contributed by atoms with Crippen molar-refractivity contribution in [1.82, 2.24) is 48.0 Å². The van der Waals surface area contributed by atoms with E-state index in [0.29, 0.717) is 63.2 Å². The van der Waals surface area contributed by atoms with Crippen molar-refractivity contribution in [2.24, 2.45) is 0 Å². The monoisotopic (exact) mass is 606 g/mol. The third-order valence-electron chi connectivity index (χ3n) is 8.10. The summed E-state index contributed by atoms with van der Waals surface area (Å²) in [6.45, 7) is 21.6. The number of nitrogens with zero attached hydrogens (tertiary/aromatic N) is 10. The SMILES string of the molecule is CC(C)n1cnc(CN(CCC(O)CCN(Cc2cn(C(C)C)cn2)Cc2cn(C(C)C)cn2)Cc2cn(C(C)C)cn2)c1. The Labute approximate surface area is 263 Å². The van der Waals surface area contributed by atoms with Crippen LogP contribution in [-0.2, 0) is 26.2 Å². The van der Waals surface area contributed by atoms with E-state index in [1.54, 1.807) is 0 Å². The van der Waals surface area contributed by atoms with Crippen molar-refractivity contribution in [3.63, 3.8) is 0 Å². The van der Waals surface area contributed by atoms with Gasteiger partial charge in [0.15, 0.2) is 0 Å². The van der Waals surface area contributed by atoms with Crippen molar-refractivity contribution in [3.8, 4) is 0 Å². The average molecular weight is 607 g/mol. The Morgan fingerprint density at radius 3 is 0.955 bits per heavy atom. The molecule has 0 unspecified atom stereocenters. The van der Waals surface area contributed by atoms with E-state index in [0.717, 1.165) is 35.9 Å². The van der Waals surface area contributed by atoms with Crippen LogP contribution in [0, 0.1) is 0 Å². The molecule has 4 aromatic heterocycles. The fraction of sp³-hybridized carbons (Fsp3) is 0.636. The maximum absolute atomic E-state index is 11.2. The molecule has 0 saturated carbocycles. The van der Waals surface area contributed by atoms with Crippen LogP contribution in [0.3, 0.4) is 0 Å². The molecule has 4 rings (SSSR count). The Morgan fingerprint density at radius 2 is 0.750 bits per heavy atom. The highest BCUT2D eigenvalue weighted by Crippen LogP contribution is 2.16. The summed E-state index contributed by atoms with van der Waals surface area (Å²) in [6.07, 6.45) is 17.0. The van der Waals surface area contributed by atoms with E-state index in [-0.39, 0.29) is 0 Å². The van der Waals surface area contributed by atoms with Crippen LogP contribution in [0.2, 0.25) is 0 Å². The first-order chi connectivity index (χ1) is 21.0. The summed E-state index contributed by atoms with van der Waals surface area (Å²) in [6, 6.07) is 1.48. The van der Waals surface area contributed by atoms with Gasteiger partial charge in [0, 0.05) is 88.2 Å². The van der Waals surface area contributed by atoms with Gasteiger partial charge >= 0.3 is 0 Å². The largest absolute Gasteiger partial charge is 0.393 e. The quantitative estimate of drug-likeness (QED) is 0.157. The number of aliphatic hydroxyl groups is 1. The molecule has 4 heterocycles. The highest BCUT2D eigenvalue weighted by atomic mass is 16.3. The van der Waals surface area contributed by atoms with Gasteiger partial charge in [-0.05, 0) is 68.2 Å². The second kappa shape index (κ2) is 15.6. The molecule has 0 radical (unpaired) electrons. The molecule has 0 aliphatic carbocycles. The lowest BCUT2D eigenvalue weighted by Gasteiger charge is -2.24. The van der Waals surface area contributed by atoms with Crippen LogP contribution in [0.4, 0.5) is 0 Å². The number of rotatable bonds is 18. The van der Waals surface area contributed by atoms with Crippen molar-refractivity contribution in [3.05, 3.63) is 72.9 Å². The lowest BCUT2D eigenvalue weighted by atomic mass is 10.1.